The van der Waals surface area contributed by atoms with Crippen molar-refractivity contribution in [3.05, 3.63) is 30.3 Å². The van der Waals surface area contributed by atoms with Crippen molar-refractivity contribution in [1.82, 2.24) is 10.6 Å². The maximum atomic E-state index is 9.23. The summed E-state index contributed by atoms with van der Waals surface area (Å²) in [5.74, 6) is 1.94. The van der Waals surface area contributed by atoms with Crippen molar-refractivity contribution in [1.29, 1.82) is 0 Å². The first-order chi connectivity index (χ1) is 12.2. The summed E-state index contributed by atoms with van der Waals surface area (Å²) in [6.07, 6.45) is 2.94. The monoisotopic (exact) mass is 348 g/mol. The third-order valence-electron chi connectivity index (χ3n) is 3.94. The molecule has 4 N–H and O–H groups in total. The average molecular weight is 349 g/mol. The normalized spacial score (nSPS) is 12.9. The van der Waals surface area contributed by atoms with Crippen molar-refractivity contribution in [3.63, 3.8) is 0 Å². The predicted octanol–water partition coefficient (Wildman–Crippen LogP) is 3.09. The molecule has 1 unspecified atom stereocenters. The van der Waals surface area contributed by atoms with Gasteiger partial charge in [-0.05, 0) is 50.2 Å². The number of anilines is 1. The van der Waals surface area contributed by atoms with Gasteiger partial charge in [0.25, 0.3) is 0 Å². The summed E-state index contributed by atoms with van der Waals surface area (Å²) in [6, 6.07) is 10.3. The number of aliphatic hydroxyl groups is 1. The highest BCUT2D eigenvalue weighted by molar-refractivity contribution is 5.79. The Bertz CT molecular complexity index is 462. The molecule has 25 heavy (non-hydrogen) atoms. The SMILES string of the molecule is CCNC(=NCC(CCO)CC(C)C)NCCCNc1ccccc1. The second-order valence-electron chi connectivity index (χ2n) is 6.80. The summed E-state index contributed by atoms with van der Waals surface area (Å²) in [6.45, 7) is 10.2. The van der Waals surface area contributed by atoms with E-state index in [0.717, 1.165) is 57.1 Å². The predicted molar refractivity (Wildman–Crippen MR) is 108 cm³/mol. The van der Waals surface area contributed by atoms with Crippen molar-refractivity contribution in [2.24, 2.45) is 16.8 Å². The molecular formula is C20H36N4O. The number of guanidine groups is 1. The summed E-state index contributed by atoms with van der Waals surface area (Å²) in [5.41, 5.74) is 1.16. The molecule has 0 spiro atoms. The van der Waals surface area contributed by atoms with Crippen LogP contribution < -0.4 is 16.0 Å². The van der Waals surface area contributed by atoms with Crippen LogP contribution in [-0.2, 0) is 0 Å². The fourth-order valence-electron chi connectivity index (χ4n) is 2.78. The molecule has 0 amide bonds. The van der Waals surface area contributed by atoms with Crippen LogP contribution in [0.2, 0.25) is 0 Å². The quantitative estimate of drug-likeness (QED) is 0.266. The minimum absolute atomic E-state index is 0.238. The first kappa shape index (κ1) is 21.3. The van der Waals surface area contributed by atoms with E-state index in [1.54, 1.807) is 0 Å². The lowest BCUT2D eigenvalue weighted by Gasteiger charge is -2.17. The van der Waals surface area contributed by atoms with E-state index in [0.29, 0.717) is 11.8 Å². The molecule has 0 aliphatic carbocycles. The molecule has 0 fully saturated rings. The number of aliphatic hydroxyl groups excluding tert-OH is 1. The number of benzene rings is 1. The first-order valence-corrected chi connectivity index (χ1v) is 9.57. The van der Waals surface area contributed by atoms with Crippen LogP contribution in [0.15, 0.2) is 35.3 Å². The highest BCUT2D eigenvalue weighted by Gasteiger charge is 2.10. The van der Waals surface area contributed by atoms with Gasteiger partial charge in [0.1, 0.15) is 0 Å². The van der Waals surface area contributed by atoms with Gasteiger partial charge in [0.05, 0.1) is 0 Å². The second-order valence-corrected chi connectivity index (χ2v) is 6.80. The standard InChI is InChI=1S/C20H36N4O/c1-4-21-20(24-16-18(11-14-25)15-17(2)3)23-13-8-12-22-19-9-6-5-7-10-19/h5-7,9-10,17-18,22,25H,4,8,11-16H2,1-3H3,(H2,21,23,24). The molecular weight excluding hydrogens is 312 g/mol. The van der Waals surface area contributed by atoms with Crippen LogP contribution in [0.3, 0.4) is 0 Å². The number of rotatable bonds is 12. The highest BCUT2D eigenvalue weighted by atomic mass is 16.3. The Balaban J connectivity index is 2.33. The molecule has 1 aromatic carbocycles. The molecule has 5 nitrogen and oxygen atoms in total. The molecule has 0 saturated heterocycles. The Labute approximate surface area is 153 Å². The zero-order valence-corrected chi connectivity index (χ0v) is 16.1. The Kier molecular flexibility index (Phi) is 11.5. The molecule has 0 radical (unpaired) electrons. The minimum Gasteiger partial charge on any atom is -0.396 e. The van der Waals surface area contributed by atoms with E-state index in [9.17, 15) is 5.11 Å². The van der Waals surface area contributed by atoms with Crippen LogP contribution in [0.5, 0.6) is 0 Å². The highest BCUT2D eigenvalue weighted by Crippen LogP contribution is 2.15. The number of para-hydroxylation sites is 1. The third kappa shape index (κ3) is 10.7. The summed E-state index contributed by atoms with van der Waals surface area (Å²) in [4.78, 5) is 4.70. The summed E-state index contributed by atoms with van der Waals surface area (Å²) in [5, 5.41) is 19.3. The molecule has 0 aliphatic heterocycles. The summed E-state index contributed by atoms with van der Waals surface area (Å²) < 4.78 is 0. The van der Waals surface area contributed by atoms with Gasteiger partial charge in [-0.1, -0.05) is 32.0 Å². The van der Waals surface area contributed by atoms with Crippen LogP contribution in [0.1, 0.15) is 40.0 Å². The minimum atomic E-state index is 0.238. The van der Waals surface area contributed by atoms with Gasteiger partial charge < -0.3 is 21.1 Å². The van der Waals surface area contributed by atoms with E-state index < -0.39 is 0 Å². The Morgan fingerprint density at radius 1 is 1.12 bits per heavy atom. The molecule has 5 heteroatoms. The van der Waals surface area contributed by atoms with Gasteiger partial charge in [-0.25, -0.2) is 0 Å². The van der Waals surface area contributed by atoms with Gasteiger partial charge in [0.2, 0.25) is 0 Å². The zero-order valence-electron chi connectivity index (χ0n) is 16.1. The van der Waals surface area contributed by atoms with Crippen LogP contribution in [-0.4, -0.2) is 43.9 Å². The summed E-state index contributed by atoms with van der Waals surface area (Å²) in [7, 11) is 0. The topological polar surface area (TPSA) is 68.7 Å². The Morgan fingerprint density at radius 3 is 2.52 bits per heavy atom. The van der Waals surface area contributed by atoms with Crippen LogP contribution in [0.4, 0.5) is 5.69 Å². The molecule has 0 saturated carbocycles. The molecule has 0 bridgehead atoms. The van der Waals surface area contributed by atoms with E-state index >= 15 is 0 Å². The average Bonchev–Trinajstić information content (AvgIpc) is 2.59. The summed E-state index contributed by atoms with van der Waals surface area (Å²) >= 11 is 0. The lowest BCUT2D eigenvalue weighted by atomic mass is 9.94. The molecule has 142 valence electrons. The number of hydrogen-bond acceptors (Lipinski definition) is 3. The molecule has 0 heterocycles. The van der Waals surface area contributed by atoms with Gasteiger partial charge in [-0.2, -0.15) is 0 Å². The lowest BCUT2D eigenvalue weighted by molar-refractivity contribution is 0.245. The van der Waals surface area contributed by atoms with Gasteiger partial charge in [-0.15, -0.1) is 0 Å². The second kappa shape index (κ2) is 13.5. The lowest BCUT2D eigenvalue weighted by Crippen LogP contribution is -2.38. The molecule has 1 aromatic rings. The largest absolute Gasteiger partial charge is 0.396 e. The Hall–Kier alpha value is -1.75. The van der Waals surface area contributed by atoms with Gasteiger partial charge >= 0.3 is 0 Å². The Morgan fingerprint density at radius 2 is 1.88 bits per heavy atom. The van der Waals surface area contributed by atoms with Crippen molar-refractivity contribution in [3.8, 4) is 0 Å². The fraction of sp³-hybridized carbons (Fsp3) is 0.650. The van der Waals surface area contributed by atoms with Gasteiger partial charge in [-0.3, -0.25) is 4.99 Å². The molecule has 0 aliphatic rings. The number of nitrogens with zero attached hydrogens (tertiary/aromatic N) is 1. The van der Waals surface area contributed by atoms with Gasteiger partial charge in [0, 0.05) is 38.5 Å². The third-order valence-corrected chi connectivity index (χ3v) is 3.94. The number of nitrogens with one attached hydrogen (secondary N) is 3. The van der Waals surface area contributed by atoms with Crippen molar-refractivity contribution < 1.29 is 5.11 Å². The molecule has 1 atom stereocenters. The number of aliphatic imine (C=N–C) groups is 1. The van der Waals surface area contributed by atoms with Crippen molar-refractivity contribution >= 4 is 11.6 Å². The van der Waals surface area contributed by atoms with Crippen LogP contribution in [0.25, 0.3) is 0 Å². The maximum absolute atomic E-state index is 9.23. The number of hydrogen-bond donors (Lipinski definition) is 4. The van der Waals surface area contributed by atoms with Crippen LogP contribution >= 0.6 is 0 Å². The smallest absolute Gasteiger partial charge is 0.191 e. The van der Waals surface area contributed by atoms with E-state index in [2.05, 4.69) is 48.9 Å². The van der Waals surface area contributed by atoms with E-state index in [-0.39, 0.29) is 6.61 Å². The molecule has 1 rings (SSSR count). The van der Waals surface area contributed by atoms with Crippen molar-refractivity contribution in [2.75, 3.05) is 38.1 Å². The zero-order chi connectivity index (χ0) is 18.3. The first-order valence-electron chi connectivity index (χ1n) is 9.57. The fourth-order valence-corrected chi connectivity index (χ4v) is 2.78. The van der Waals surface area contributed by atoms with E-state index in [4.69, 9.17) is 4.99 Å². The van der Waals surface area contributed by atoms with E-state index in [1.807, 2.05) is 18.2 Å². The maximum Gasteiger partial charge on any atom is 0.191 e. The van der Waals surface area contributed by atoms with E-state index in [1.165, 1.54) is 0 Å². The van der Waals surface area contributed by atoms with Crippen molar-refractivity contribution in [2.45, 2.75) is 40.0 Å². The van der Waals surface area contributed by atoms with Crippen LogP contribution in [0, 0.1) is 11.8 Å². The molecule has 0 aromatic heterocycles. The van der Waals surface area contributed by atoms with Gasteiger partial charge in [0.15, 0.2) is 5.96 Å².